The van der Waals surface area contributed by atoms with Gasteiger partial charge in [0.2, 0.25) is 0 Å². The largest absolute Gasteiger partial charge is 0.448 e. The first kappa shape index (κ1) is 19.8. The summed E-state index contributed by atoms with van der Waals surface area (Å²) in [6.07, 6.45) is 0.643. The summed E-state index contributed by atoms with van der Waals surface area (Å²) in [6, 6.07) is 18.1. The molecule has 1 aliphatic carbocycles. The van der Waals surface area contributed by atoms with Gasteiger partial charge in [-0.15, -0.1) is 0 Å². The van der Waals surface area contributed by atoms with Crippen LogP contribution in [0.25, 0.3) is 11.1 Å². The van der Waals surface area contributed by atoms with E-state index in [4.69, 9.17) is 14.7 Å². The minimum atomic E-state index is -0.341. The molecule has 1 amide bonds. The van der Waals surface area contributed by atoms with Crippen molar-refractivity contribution in [3.63, 3.8) is 0 Å². The Morgan fingerprint density at radius 2 is 1.58 bits per heavy atom. The SMILES string of the molecule is N#CCC(=O)C1CC2COCC(C1)N2C(=O)OCC1c2ccccc2-c2ccccc21. The van der Waals surface area contributed by atoms with Crippen LogP contribution in [-0.4, -0.2) is 48.7 Å². The number of hydrogen-bond donors (Lipinski definition) is 0. The maximum atomic E-state index is 13.1. The fourth-order valence-corrected chi connectivity index (χ4v) is 5.37. The second kappa shape index (κ2) is 8.16. The molecule has 2 unspecified atom stereocenters. The van der Waals surface area contributed by atoms with E-state index in [1.807, 2.05) is 30.3 Å². The number of rotatable bonds is 4. The summed E-state index contributed by atoms with van der Waals surface area (Å²) in [7, 11) is 0. The molecule has 6 heteroatoms. The van der Waals surface area contributed by atoms with Gasteiger partial charge in [0.25, 0.3) is 0 Å². The lowest BCUT2D eigenvalue weighted by atomic mass is 9.82. The quantitative estimate of drug-likeness (QED) is 0.755. The molecule has 0 spiro atoms. The average Bonchev–Trinajstić information content (AvgIpc) is 3.10. The summed E-state index contributed by atoms with van der Waals surface area (Å²) in [4.78, 5) is 27.1. The monoisotopic (exact) mass is 416 g/mol. The molecule has 0 saturated carbocycles. The summed E-state index contributed by atoms with van der Waals surface area (Å²) >= 11 is 0. The van der Waals surface area contributed by atoms with Crippen LogP contribution in [0.3, 0.4) is 0 Å². The second-order valence-electron chi connectivity index (χ2n) is 8.53. The highest BCUT2D eigenvalue weighted by Gasteiger charge is 2.44. The van der Waals surface area contributed by atoms with E-state index in [-0.39, 0.29) is 48.8 Å². The number of Topliss-reactive ketones (excluding diaryl/α,β-unsaturated/α-hetero) is 1. The lowest BCUT2D eigenvalue weighted by Crippen LogP contribution is -2.60. The van der Waals surface area contributed by atoms with Crippen molar-refractivity contribution in [2.45, 2.75) is 37.3 Å². The molecule has 2 fully saturated rings. The Morgan fingerprint density at radius 1 is 1.00 bits per heavy atom. The van der Waals surface area contributed by atoms with Gasteiger partial charge < -0.3 is 9.47 Å². The molecular weight excluding hydrogens is 392 g/mol. The number of benzene rings is 2. The van der Waals surface area contributed by atoms with Crippen molar-refractivity contribution in [1.82, 2.24) is 4.90 Å². The second-order valence-corrected chi connectivity index (χ2v) is 8.53. The van der Waals surface area contributed by atoms with Crippen LogP contribution in [0.5, 0.6) is 0 Å². The van der Waals surface area contributed by atoms with Gasteiger partial charge in [-0.05, 0) is 35.1 Å². The summed E-state index contributed by atoms with van der Waals surface area (Å²) in [6.45, 7) is 1.08. The van der Waals surface area contributed by atoms with E-state index in [0.29, 0.717) is 26.1 Å². The van der Waals surface area contributed by atoms with Gasteiger partial charge in [-0.3, -0.25) is 9.69 Å². The predicted molar refractivity (Wildman–Crippen MR) is 113 cm³/mol. The molecule has 2 bridgehead atoms. The Balaban J connectivity index is 1.30. The van der Waals surface area contributed by atoms with Crippen molar-refractivity contribution in [2.24, 2.45) is 5.92 Å². The van der Waals surface area contributed by atoms with E-state index in [1.165, 1.54) is 22.3 Å². The fourth-order valence-electron chi connectivity index (χ4n) is 5.37. The van der Waals surface area contributed by atoms with E-state index in [0.717, 1.165) is 0 Å². The standard InChI is InChI=1S/C25H24N2O4/c26-10-9-24(28)16-11-17-13-30-14-18(12-16)27(17)25(29)31-15-23-21-7-3-1-5-19(21)20-6-2-4-8-22(20)23/h1-8,16-18,23H,9,11-15H2. The Kier molecular flexibility index (Phi) is 5.21. The molecule has 0 aromatic heterocycles. The van der Waals surface area contributed by atoms with Crippen LogP contribution < -0.4 is 0 Å². The van der Waals surface area contributed by atoms with E-state index >= 15 is 0 Å². The van der Waals surface area contributed by atoms with Crippen molar-refractivity contribution in [3.8, 4) is 17.2 Å². The number of ketones is 1. The van der Waals surface area contributed by atoms with Gasteiger partial charge in [0, 0.05) is 11.8 Å². The van der Waals surface area contributed by atoms with Gasteiger partial charge in [-0.25, -0.2) is 4.79 Å². The normalized spacial score (nSPS) is 24.1. The summed E-state index contributed by atoms with van der Waals surface area (Å²) in [5, 5.41) is 8.84. The Morgan fingerprint density at radius 3 is 2.16 bits per heavy atom. The first-order chi connectivity index (χ1) is 15.2. The first-order valence-electron chi connectivity index (χ1n) is 10.8. The summed E-state index contributed by atoms with van der Waals surface area (Å²) in [5.74, 6) is -0.204. The predicted octanol–water partition coefficient (Wildman–Crippen LogP) is 3.90. The van der Waals surface area contributed by atoms with Crippen molar-refractivity contribution in [2.75, 3.05) is 19.8 Å². The Labute approximate surface area is 181 Å². The minimum absolute atomic E-state index is 0.0159. The highest BCUT2D eigenvalue weighted by Crippen LogP contribution is 2.44. The zero-order valence-corrected chi connectivity index (χ0v) is 17.2. The fraction of sp³-hybridized carbons (Fsp3) is 0.400. The molecule has 0 N–H and O–H groups in total. The van der Waals surface area contributed by atoms with Crippen molar-refractivity contribution in [3.05, 3.63) is 59.7 Å². The number of nitriles is 1. The molecule has 5 rings (SSSR count). The summed E-state index contributed by atoms with van der Waals surface area (Å²) < 4.78 is 11.5. The smallest absolute Gasteiger partial charge is 0.410 e. The zero-order valence-electron chi connectivity index (χ0n) is 17.2. The molecule has 6 nitrogen and oxygen atoms in total. The Bertz CT molecular complexity index is 1000. The Hall–Kier alpha value is -3.17. The molecule has 2 atom stereocenters. The number of piperidine rings is 1. The highest BCUT2D eigenvalue weighted by atomic mass is 16.6. The van der Waals surface area contributed by atoms with E-state index in [1.54, 1.807) is 4.90 Å². The van der Waals surface area contributed by atoms with Crippen LogP contribution >= 0.6 is 0 Å². The third kappa shape index (κ3) is 3.49. The third-order valence-electron chi connectivity index (χ3n) is 6.78. The maximum absolute atomic E-state index is 13.1. The molecule has 2 aromatic rings. The number of amides is 1. The molecule has 158 valence electrons. The lowest BCUT2D eigenvalue weighted by Gasteiger charge is -2.47. The molecule has 31 heavy (non-hydrogen) atoms. The lowest BCUT2D eigenvalue weighted by molar-refractivity contribution is -0.130. The van der Waals surface area contributed by atoms with Crippen molar-refractivity contribution < 1.29 is 19.1 Å². The van der Waals surface area contributed by atoms with Crippen LogP contribution in [0.4, 0.5) is 4.79 Å². The molecule has 3 aliphatic rings. The van der Waals surface area contributed by atoms with Crippen LogP contribution in [0.1, 0.15) is 36.3 Å². The number of nitrogens with zero attached hydrogens (tertiary/aromatic N) is 2. The van der Waals surface area contributed by atoms with Crippen LogP contribution in [-0.2, 0) is 14.3 Å². The third-order valence-corrected chi connectivity index (χ3v) is 6.78. The molecule has 2 saturated heterocycles. The number of morpholine rings is 1. The summed E-state index contributed by atoms with van der Waals surface area (Å²) in [5.41, 5.74) is 4.75. The van der Waals surface area contributed by atoms with E-state index in [9.17, 15) is 9.59 Å². The van der Waals surface area contributed by atoms with Crippen LogP contribution in [0, 0.1) is 17.2 Å². The van der Waals surface area contributed by atoms with Gasteiger partial charge in [0.1, 0.15) is 12.4 Å². The average molecular weight is 416 g/mol. The number of fused-ring (bicyclic) bond motifs is 5. The van der Waals surface area contributed by atoms with Gasteiger partial charge >= 0.3 is 6.09 Å². The van der Waals surface area contributed by atoms with Crippen LogP contribution in [0.15, 0.2) is 48.5 Å². The van der Waals surface area contributed by atoms with Gasteiger partial charge in [0.05, 0.1) is 37.8 Å². The van der Waals surface area contributed by atoms with E-state index in [2.05, 4.69) is 24.3 Å². The number of carbonyl (C=O) groups is 2. The molecule has 2 aliphatic heterocycles. The molecular formula is C25H24N2O4. The zero-order chi connectivity index (χ0) is 21.4. The number of hydrogen-bond acceptors (Lipinski definition) is 5. The first-order valence-corrected chi connectivity index (χ1v) is 10.8. The van der Waals surface area contributed by atoms with Crippen molar-refractivity contribution in [1.29, 1.82) is 5.26 Å². The van der Waals surface area contributed by atoms with Crippen LogP contribution in [0.2, 0.25) is 0 Å². The highest BCUT2D eigenvalue weighted by molar-refractivity contribution is 5.83. The van der Waals surface area contributed by atoms with Gasteiger partial charge in [-0.1, -0.05) is 48.5 Å². The molecule has 0 radical (unpaired) electrons. The van der Waals surface area contributed by atoms with Gasteiger partial charge in [0.15, 0.2) is 0 Å². The maximum Gasteiger partial charge on any atom is 0.410 e. The number of ether oxygens (including phenoxy) is 2. The topological polar surface area (TPSA) is 79.6 Å². The minimum Gasteiger partial charge on any atom is -0.448 e. The van der Waals surface area contributed by atoms with E-state index < -0.39 is 0 Å². The molecule has 2 aromatic carbocycles. The van der Waals surface area contributed by atoms with Gasteiger partial charge in [-0.2, -0.15) is 5.26 Å². The number of carbonyl (C=O) groups excluding carboxylic acids is 2. The molecule has 2 heterocycles. The van der Waals surface area contributed by atoms with Crippen molar-refractivity contribution >= 4 is 11.9 Å².